The summed E-state index contributed by atoms with van der Waals surface area (Å²) in [4.78, 5) is 22.8. The number of carboxylic acids is 1. The van der Waals surface area contributed by atoms with E-state index in [0.29, 0.717) is 6.42 Å². The van der Waals surface area contributed by atoms with Gasteiger partial charge in [-0.15, -0.1) is 0 Å². The molecular weight excluding hydrogens is 244 g/mol. The van der Waals surface area contributed by atoms with E-state index in [-0.39, 0.29) is 24.0 Å². The van der Waals surface area contributed by atoms with Crippen molar-refractivity contribution in [2.24, 2.45) is 11.8 Å². The number of aliphatic carboxylic acids is 1. The molecule has 3 N–H and O–H groups in total. The average Bonchev–Trinajstić information content (AvgIpc) is 3.12. The van der Waals surface area contributed by atoms with Gasteiger partial charge in [0.15, 0.2) is 0 Å². The van der Waals surface area contributed by atoms with Gasteiger partial charge in [-0.25, -0.2) is 4.79 Å². The Balaban J connectivity index is 1.70. The van der Waals surface area contributed by atoms with Crippen molar-refractivity contribution in [1.29, 1.82) is 0 Å². The molecule has 0 aliphatic heterocycles. The van der Waals surface area contributed by atoms with Gasteiger partial charge in [-0.2, -0.15) is 0 Å². The Hall–Kier alpha value is -1.26. The molecule has 3 atom stereocenters. The van der Waals surface area contributed by atoms with Crippen molar-refractivity contribution in [3.8, 4) is 0 Å². The molecular formula is C14H24N2O3. The highest BCUT2D eigenvalue weighted by Crippen LogP contribution is 2.33. The third-order valence-corrected chi connectivity index (χ3v) is 4.12. The molecule has 0 aromatic heterocycles. The quantitative estimate of drug-likeness (QED) is 0.714. The molecule has 2 saturated carbocycles. The lowest BCUT2D eigenvalue weighted by atomic mass is 9.86. The Morgan fingerprint density at radius 3 is 2.63 bits per heavy atom. The first-order chi connectivity index (χ1) is 9.04. The van der Waals surface area contributed by atoms with Gasteiger partial charge in [0, 0.05) is 12.1 Å². The second-order valence-electron chi connectivity index (χ2n) is 6.10. The van der Waals surface area contributed by atoms with E-state index in [9.17, 15) is 9.59 Å². The number of rotatable bonds is 5. The van der Waals surface area contributed by atoms with Crippen LogP contribution < -0.4 is 10.6 Å². The number of hydrogen-bond acceptors (Lipinski definition) is 2. The van der Waals surface area contributed by atoms with Crippen LogP contribution in [0.15, 0.2) is 0 Å². The zero-order valence-corrected chi connectivity index (χ0v) is 11.5. The van der Waals surface area contributed by atoms with Crippen LogP contribution in [0.1, 0.15) is 51.9 Å². The van der Waals surface area contributed by atoms with E-state index >= 15 is 0 Å². The van der Waals surface area contributed by atoms with Crippen molar-refractivity contribution in [3.63, 3.8) is 0 Å². The van der Waals surface area contributed by atoms with Crippen LogP contribution >= 0.6 is 0 Å². The largest absolute Gasteiger partial charge is 0.481 e. The van der Waals surface area contributed by atoms with Gasteiger partial charge in [0.2, 0.25) is 0 Å². The SMILES string of the molecule is CC(CC1CC1)NC(=O)NC1CCCC(C(=O)O)C1. The number of amides is 2. The summed E-state index contributed by atoms with van der Waals surface area (Å²) in [6.07, 6.45) is 6.67. The molecule has 2 aliphatic rings. The topological polar surface area (TPSA) is 78.4 Å². The molecule has 0 bridgehead atoms. The fourth-order valence-corrected chi connectivity index (χ4v) is 2.91. The predicted octanol–water partition coefficient (Wildman–Crippen LogP) is 2.12. The first-order valence-electron chi connectivity index (χ1n) is 7.34. The molecule has 0 aromatic rings. The summed E-state index contributed by atoms with van der Waals surface area (Å²) in [5.41, 5.74) is 0. The van der Waals surface area contributed by atoms with E-state index in [1.807, 2.05) is 6.92 Å². The van der Waals surface area contributed by atoms with Gasteiger partial charge < -0.3 is 15.7 Å². The van der Waals surface area contributed by atoms with Crippen molar-refractivity contribution < 1.29 is 14.7 Å². The maximum atomic E-state index is 11.8. The third-order valence-electron chi connectivity index (χ3n) is 4.12. The summed E-state index contributed by atoms with van der Waals surface area (Å²) in [6.45, 7) is 2.03. The Bertz CT molecular complexity index is 342. The van der Waals surface area contributed by atoms with E-state index < -0.39 is 5.97 Å². The van der Waals surface area contributed by atoms with Gasteiger partial charge in [-0.05, 0) is 38.5 Å². The van der Waals surface area contributed by atoms with Crippen LogP contribution in [0.4, 0.5) is 4.79 Å². The highest BCUT2D eigenvalue weighted by molar-refractivity contribution is 5.75. The van der Waals surface area contributed by atoms with Crippen LogP contribution in [0.3, 0.4) is 0 Å². The number of urea groups is 1. The van der Waals surface area contributed by atoms with Crippen LogP contribution in [0.5, 0.6) is 0 Å². The number of hydrogen-bond donors (Lipinski definition) is 3. The average molecular weight is 268 g/mol. The monoisotopic (exact) mass is 268 g/mol. The van der Waals surface area contributed by atoms with Gasteiger partial charge in [-0.1, -0.05) is 19.3 Å². The Morgan fingerprint density at radius 2 is 2.00 bits per heavy atom. The molecule has 2 fully saturated rings. The maximum absolute atomic E-state index is 11.8. The molecule has 0 saturated heterocycles. The van der Waals surface area contributed by atoms with Crippen LogP contribution in [0.2, 0.25) is 0 Å². The fourth-order valence-electron chi connectivity index (χ4n) is 2.91. The van der Waals surface area contributed by atoms with Crippen LogP contribution in [-0.2, 0) is 4.79 Å². The van der Waals surface area contributed by atoms with Crippen molar-refractivity contribution in [1.82, 2.24) is 10.6 Å². The Morgan fingerprint density at radius 1 is 1.26 bits per heavy atom. The molecule has 0 heterocycles. The van der Waals surface area contributed by atoms with E-state index in [1.165, 1.54) is 12.8 Å². The van der Waals surface area contributed by atoms with Crippen LogP contribution in [0.25, 0.3) is 0 Å². The van der Waals surface area contributed by atoms with Crippen LogP contribution in [0, 0.1) is 11.8 Å². The second kappa shape index (κ2) is 6.26. The summed E-state index contributed by atoms with van der Waals surface area (Å²) in [6, 6.07) is 0.0542. The molecule has 3 unspecified atom stereocenters. The maximum Gasteiger partial charge on any atom is 0.315 e. The number of nitrogens with one attached hydrogen (secondary N) is 2. The first kappa shape index (κ1) is 14.2. The molecule has 5 heteroatoms. The standard InChI is InChI=1S/C14H24N2O3/c1-9(7-10-5-6-10)15-14(19)16-12-4-2-3-11(8-12)13(17)18/h9-12H,2-8H2,1H3,(H,17,18)(H2,15,16,19). The summed E-state index contributed by atoms with van der Waals surface area (Å²) >= 11 is 0. The normalized spacial score (nSPS) is 28.5. The molecule has 0 spiro atoms. The zero-order valence-electron chi connectivity index (χ0n) is 11.5. The summed E-state index contributed by atoms with van der Waals surface area (Å²) < 4.78 is 0. The molecule has 5 nitrogen and oxygen atoms in total. The highest BCUT2D eigenvalue weighted by atomic mass is 16.4. The van der Waals surface area contributed by atoms with Crippen molar-refractivity contribution in [2.45, 2.75) is 64.0 Å². The fraction of sp³-hybridized carbons (Fsp3) is 0.857. The minimum atomic E-state index is -0.742. The Labute approximate surface area is 114 Å². The molecule has 2 aliphatic carbocycles. The number of carbonyl (C=O) groups is 2. The van der Waals surface area contributed by atoms with E-state index in [0.717, 1.165) is 31.6 Å². The summed E-state index contributed by atoms with van der Waals surface area (Å²) in [5.74, 6) is -0.252. The molecule has 2 rings (SSSR count). The van der Waals surface area contributed by atoms with Crippen molar-refractivity contribution in [2.75, 3.05) is 0 Å². The third kappa shape index (κ3) is 4.73. The van der Waals surface area contributed by atoms with Gasteiger partial charge >= 0.3 is 12.0 Å². The smallest absolute Gasteiger partial charge is 0.315 e. The van der Waals surface area contributed by atoms with Gasteiger partial charge in [0.25, 0.3) is 0 Å². The molecule has 0 aromatic carbocycles. The lowest BCUT2D eigenvalue weighted by Gasteiger charge is -2.28. The molecule has 0 radical (unpaired) electrons. The van der Waals surface area contributed by atoms with Crippen molar-refractivity contribution in [3.05, 3.63) is 0 Å². The van der Waals surface area contributed by atoms with E-state index in [2.05, 4.69) is 10.6 Å². The summed E-state index contributed by atoms with van der Waals surface area (Å²) in [5, 5.41) is 14.9. The van der Waals surface area contributed by atoms with E-state index in [1.54, 1.807) is 0 Å². The lowest BCUT2D eigenvalue weighted by molar-refractivity contribution is -0.143. The van der Waals surface area contributed by atoms with Gasteiger partial charge in [0.1, 0.15) is 0 Å². The number of carboxylic acid groups (broad SMARTS) is 1. The summed E-state index contributed by atoms with van der Waals surface area (Å²) in [7, 11) is 0. The first-order valence-corrected chi connectivity index (χ1v) is 7.34. The Kier molecular flexibility index (Phi) is 4.66. The minimum Gasteiger partial charge on any atom is -0.481 e. The zero-order chi connectivity index (χ0) is 13.8. The lowest BCUT2D eigenvalue weighted by Crippen LogP contribution is -2.47. The predicted molar refractivity (Wildman–Crippen MR) is 71.9 cm³/mol. The van der Waals surface area contributed by atoms with Crippen LogP contribution in [-0.4, -0.2) is 29.2 Å². The molecule has 2 amide bonds. The number of carbonyl (C=O) groups excluding carboxylic acids is 1. The second-order valence-corrected chi connectivity index (χ2v) is 6.10. The van der Waals surface area contributed by atoms with Gasteiger partial charge in [0.05, 0.1) is 5.92 Å². The van der Waals surface area contributed by atoms with Crippen molar-refractivity contribution >= 4 is 12.0 Å². The molecule has 108 valence electrons. The minimum absolute atomic E-state index is 0.00275. The molecule has 19 heavy (non-hydrogen) atoms. The van der Waals surface area contributed by atoms with Gasteiger partial charge in [-0.3, -0.25) is 4.79 Å². The highest BCUT2D eigenvalue weighted by Gasteiger charge is 2.28. The van der Waals surface area contributed by atoms with E-state index in [4.69, 9.17) is 5.11 Å².